The van der Waals surface area contributed by atoms with Crippen LogP contribution in [0.1, 0.15) is 30.3 Å². The number of hydrogen-bond donors (Lipinski definition) is 1. The third kappa shape index (κ3) is 2.40. The van der Waals surface area contributed by atoms with Crippen LogP contribution in [-0.2, 0) is 6.54 Å². The third-order valence-corrected chi connectivity index (χ3v) is 3.58. The largest absolute Gasteiger partial charge is 0.376 e. The molecule has 8 heteroatoms. The van der Waals surface area contributed by atoms with Crippen LogP contribution in [0, 0.1) is 0 Å². The molecular weight excluding hydrogens is 290 g/mol. The summed E-state index contributed by atoms with van der Waals surface area (Å²) in [5.41, 5.74) is 2.32. The molecule has 1 saturated carbocycles. The summed E-state index contributed by atoms with van der Waals surface area (Å²) in [5.74, 6) is 1.34. The van der Waals surface area contributed by atoms with Gasteiger partial charge in [0.25, 0.3) is 0 Å². The predicted octanol–water partition coefficient (Wildman–Crippen LogP) is 2.06. The summed E-state index contributed by atoms with van der Waals surface area (Å²) in [7, 11) is 0. The molecule has 1 aliphatic rings. The summed E-state index contributed by atoms with van der Waals surface area (Å²) in [6, 6.07) is 5.50. The van der Waals surface area contributed by atoms with Gasteiger partial charge in [-0.1, -0.05) is 11.6 Å². The molecule has 4 rings (SSSR count). The van der Waals surface area contributed by atoms with Gasteiger partial charge in [-0.2, -0.15) is 19.8 Å². The van der Waals surface area contributed by atoms with Gasteiger partial charge in [0, 0.05) is 18.2 Å². The summed E-state index contributed by atoms with van der Waals surface area (Å²) in [4.78, 5) is 0. The third-order valence-electron chi connectivity index (χ3n) is 3.39. The Morgan fingerprint density at radius 2 is 2.19 bits per heavy atom. The standard InChI is InChI=1S/C13H12ClN7/c14-11-6-10(15-7-9-2-1-5-16-17-9)13-19-18-12(8-3-4-8)21(13)20-11/h1-2,5-6,8,15H,3-4,7H2. The van der Waals surface area contributed by atoms with Crippen molar-refractivity contribution in [2.24, 2.45) is 0 Å². The zero-order chi connectivity index (χ0) is 14.2. The summed E-state index contributed by atoms with van der Waals surface area (Å²) < 4.78 is 1.74. The second-order valence-electron chi connectivity index (χ2n) is 5.02. The van der Waals surface area contributed by atoms with E-state index >= 15 is 0 Å². The molecule has 0 aliphatic heterocycles. The van der Waals surface area contributed by atoms with E-state index in [0.29, 0.717) is 23.3 Å². The fourth-order valence-electron chi connectivity index (χ4n) is 2.21. The van der Waals surface area contributed by atoms with E-state index < -0.39 is 0 Å². The SMILES string of the molecule is Clc1cc(NCc2cccnn2)c2nnc(C3CC3)n2n1. The highest BCUT2D eigenvalue weighted by Gasteiger charge is 2.29. The Balaban J connectivity index is 1.68. The zero-order valence-corrected chi connectivity index (χ0v) is 11.8. The molecule has 7 nitrogen and oxygen atoms in total. The van der Waals surface area contributed by atoms with Gasteiger partial charge in [-0.15, -0.1) is 10.2 Å². The Labute approximate surface area is 125 Å². The van der Waals surface area contributed by atoms with E-state index in [1.54, 1.807) is 16.8 Å². The Hall–Kier alpha value is -2.28. The number of rotatable bonds is 4. The number of anilines is 1. The number of fused-ring (bicyclic) bond motifs is 1. The quantitative estimate of drug-likeness (QED) is 0.794. The molecule has 106 valence electrons. The van der Waals surface area contributed by atoms with Crippen molar-refractivity contribution in [2.45, 2.75) is 25.3 Å². The molecule has 3 aromatic heterocycles. The highest BCUT2D eigenvalue weighted by molar-refractivity contribution is 6.29. The molecule has 3 aromatic rings. The molecule has 0 radical (unpaired) electrons. The fourth-order valence-corrected chi connectivity index (χ4v) is 2.39. The molecular formula is C13H12ClN7. The first-order valence-electron chi connectivity index (χ1n) is 6.73. The van der Waals surface area contributed by atoms with Crippen LogP contribution in [0.15, 0.2) is 24.4 Å². The van der Waals surface area contributed by atoms with E-state index in [0.717, 1.165) is 30.0 Å². The number of halogens is 1. The van der Waals surface area contributed by atoms with Gasteiger partial charge in [0.2, 0.25) is 5.65 Å². The maximum absolute atomic E-state index is 6.10. The van der Waals surface area contributed by atoms with Crippen LogP contribution in [0.5, 0.6) is 0 Å². The number of nitrogens with one attached hydrogen (secondary N) is 1. The molecule has 21 heavy (non-hydrogen) atoms. The van der Waals surface area contributed by atoms with Gasteiger partial charge < -0.3 is 5.32 Å². The molecule has 0 unspecified atom stereocenters. The molecule has 0 aromatic carbocycles. The van der Waals surface area contributed by atoms with Crippen molar-refractivity contribution in [1.29, 1.82) is 0 Å². The van der Waals surface area contributed by atoms with E-state index in [1.165, 1.54) is 0 Å². The van der Waals surface area contributed by atoms with Crippen LogP contribution < -0.4 is 5.32 Å². The minimum atomic E-state index is 0.408. The molecule has 0 bridgehead atoms. The summed E-state index contributed by atoms with van der Waals surface area (Å²) >= 11 is 6.10. The van der Waals surface area contributed by atoms with E-state index in [4.69, 9.17) is 11.6 Å². The zero-order valence-electron chi connectivity index (χ0n) is 11.1. The first kappa shape index (κ1) is 12.5. The van der Waals surface area contributed by atoms with Crippen molar-refractivity contribution in [3.8, 4) is 0 Å². The normalized spacial score (nSPS) is 14.5. The maximum Gasteiger partial charge on any atom is 0.201 e. The van der Waals surface area contributed by atoms with E-state index in [-0.39, 0.29) is 0 Å². The Bertz CT molecular complexity index is 782. The molecule has 0 amide bonds. The van der Waals surface area contributed by atoms with E-state index in [1.807, 2.05) is 12.1 Å². The van der Waals surface area contributed by atoms with Crippen molar-refractivity contribution in [2.75, 3.05) is 5.32 Å². The van der Waals surface area contributed by atoms with E-state index in [9.17, 15) is 0 Å². The number of aromatic nitrogens is 6. The van der Waals surface area contributed by atoms with Crippen LogP contribution in [0.2, 0.25) is 5.15 Å². The van der Waals surface area contributed by atoms with Gasteiger partial charge in [0.05, 0.1) is 17.9 Å². The average Bonchev–Trinajstić information content (AvgIpc) is 3.26. The van der Waals surface area contributed by atoms with Crippen molar-refractivity contribution in [3.05, 3.63) is 41.1 Å². The summed E-state index contributed by atoms with van der Waals surface area (Å²) in [6.07, 6.45) is 3.92. The second kappa shape index (κ2) is 4.92. The van der Waals surface area contributed by atoms with Gasteiger partial charge in [0.15, 0.2) is 11.0 Å². The predicted molar refractivity (Wildman–Crippen MR) is 77.1 cm³/mol. The van der Waals surface area contributed by atoms with Gasteiger partial charge in [-0.25, -0.2) is 0 Å². The number of hydrogen-bond acceptors (Lipinski definition) is 6. The highest BCUT2D eigenvalue weighted by atomic mass is 35.5. The van der Waals surface area contributed by atoms with Gasteiger partial charge >= 0.3 is 0 Å². The first-order chi connectivity index (χ1) is 10.3. The van der Waals surface area contributed by atoms with Gasteiger partial charge in [0.1, 0.15) is 0 Å². The Kier molecular flexibility index (Phi) is 2.92. The van der Waals surface area contributed by atoms with Crippen LogP contribution >= 0.6 is 11.6 Å². The molecule has 1 aliphatic carbocycles. The van der Waals surface area contributed by atoms with Crippen LogP contribution in [0.4, 0.5) is 5.69 Å². The average molecular weight is 302 g/mol. The molecule has 0 spiro atoms. The van der Waals surface area contributed by atoms with Crippen LogP contribution in [0.25, 0.3) is 5.65 Å². The lowest BCUT2D eigenvalue weighted by atomic mass is 10.3. The summed E-state index contributed by atoms with van der Waals surface area (Å²) in [5, 5.41) is 24.3. The smallest absolute Gasteiger partial charge is 0.201 e. The lowest BCUT2D eigenvalue weighted by Crippen LogP contribution is -2.06. The highest BCUT2D eigenvalue weighted by Crippen LogP contribution is 2.39. The van der Waals surface area contributed by atoms with Crippen molar-refractivity contribution in [3.63, 3.8) is 0 Å². The fraction of sp³-hybridized carbons (Fsp3) is 0.308. The molecule has 0 atom stereocenters. The Morgan fingerprint density at radius 3 is 2.95 bits per heavy atom. The lowest BCUT2D eigenvalue weighted by molar-refractivity contribution is 0.814. The number of nitrogens with zero attached hydrogens (tertiary/aromatic N) is 6. The topological polar surface area (TPSA) is 80.9 Å². The van der Waals surface area contributed by atoms with Crippen molar-refractivity contribution < 1.29 is 0 Å². The van der Waals surface area contributed by atoms with Crippen molar-refractivity contribution in [1.82, 2.24) is 30.0 Å². The first-order valence-corrected chi connectivity index (χ1v) is 7.11. The minimum absolute atomic E-state index is 0.408. The van der Waals surface area contributed by atoms with Crippen molar-refractivity contribution >= 4 is 22.9 Å². The lowest BCUT2D eigenvalue weighted by Gasteiger charge is -2.07. The van der Waals surface area contributed by atoms with Crippen LogP contribution in [-0.4, -0.2) is 30.0 Å². The van der Waals surface area contributed by atoms with Gasteiger partial charge in [-0.3, -0.25) is 0 Å². The maximum atomic E-state index is 6.10. The van der Waals surface area contributed by atoms with Gasteiger partial charge in [-0.05, 0) is 25.0 Å². The van der Waals surface area contributed by atoms with E-state index in [2.05, 4.69) is 30.8 Å². The molecule has 0 saturated heterocycles. The molecule has 1 fully saturated rings. The second-order valence-corrected chi connectivity index (χ2v) is 5.40. The molecule has 3 heterocycles. The molecule has 1 N–H and O–H groups in total. The van der Waals surface area contributed by atoms with Crippen LogP contribution in [0.3, 0.4) is 0 Å². The monoisotopic (exact) mass is 301 g/mol. The minimum Gasteiger partial charge on any atom is -0.376 e. The Morgan fingerprint density at radius 1 is 1.29 bits per heavy atom. The summed E-state index contributed by atoms with van der Waals surface area (Å²) in [6.45, 7) is 0.537.